The van der Waals surface area contributed by atoms with Crippen LogP contribution in [0.15, 0.2) is 76.5 Å². The first-order chi connectivity index (χ1) is 16.0. The normalized spacial score (nSPS) is 10.7. The van der Waals surface area contributed by atoms with Crippen LogP contribution in [-0.4, -0.2) is 32.7 Å². The number of amides is 1. The Morgan fingerprint density at radius 3 is 2.70 bits per heavy atom. The second kappa shape index (κ2) is 10.0. The van der Waals surface area contributed by atoms with Gasteiger partial charge in [-0.1, -0.05) is 23.9 Å². The van der Waals surface area contributed by atoms with Crippen LogP contribution in [0.1, 0.15) is 21.9 Å². The molecular formula is C22H19N5O5S. The second-order valence-corrected chi connectivity index (χ2v) is 7.75. The Morgan fingerprint density at radius 2 is 2.00 bits per heavy atom. The molecule has 10 nitrogen and oxygen atoms in total. The number of thioether (sulfide) groups is 1. The third-order valence-corrected chi connectivity index (χ3v) is 5.67. The molecule has 33 heavy (non-hydrogen) atoms. The van der Waals surface area contributed by atoms with E-state index in [1.807, 2.05) is 24.3 Å². The minimum Gasteiger partial charge on any atom is -0.497 e. The molecule has 0 saturated heterocycles. The summed E-state index contributed by atoms with van der Waals surface area (Å²) in [7, 11) is 1.61. The summed E-state index contributed by atoms with van der Waals surface area (Å²) in [4.78, 5) is 22.8. The highest BCUT2D eigenvalue weighted by atomic mass is 32.2. The van der Waals surface area contributed by atoms with E-state index in [1.165, 1.54) is 30.2 Å². The molecule has 0 saturated carbocycles. The van der Waals surface area contributed by atoms with E-state index in [0.29, 0.717) is 22.4 Å². The number of carbonyl (C=O) groups is 1. The van der Waals surface area contributed by atoms with Gasteiger partial charge in [-0.05, 0) is 42.0 Å². The molecule has 168 valence electrons. The number of nitrogens with zero attached hydrogens (tertiary/aromatic N) is 4. The van der Waals surface area contributed by atoms with Crippen LogP contribution >= 0.6 is 11.8 Å². The van der Waals surface area contributed by atoms with Crippen LogP contribution in [0.5, 0.6) is 5.75 Å². The molecule has 0 unspecified atom stereocenters. The standard InChI is InChI=1S/C22H19N5O5S/c1-31-18-5-2-4-15(12-18)14-33-22-25-24-20(13-23-21(28)19-6-3-11-32-19)26(22)16-7-9-17(10-8-16)27(29)30/h2-12H,13-14H2,1H3,(H,23,28). The topological polar surface area (TPSA) is 125 Å². The fraction of sp³-hybridized carbons (Fsp3) is 0.136. The Balaban J connectivity index is 1.59. The highest BCUT2D eigenvalue weighted by Gasteiger charge is 2.18. The molecule has 4 aromatic rings. The van der Waals surface area contributed by atoms with Crippen molar-refractivity contribution in [2.24, 2.45) is 0 Å². The van der Waals surface area contributed by atoms with Gasteiger partial charge >= 0.3 is 0 Å². The first kappa shape index (κ1) is 22.1. The lowest BCUT2D eigenvalue weighted by Crippen LogP contribution is -2.24. The number of nitrogens with one attached hydrogen (secondary N) is 1. The zero-order valence-corrected chi connectivity index (χ0v) is 18.3. The van der Waals surface area contributed by atoms with E-state index in [1.54, 1.807) is 35.9 Å². The van der Waals surface area contributed by atoms with Gasteiger partial charge in [-0.3, -0.25) is 19.5 Å². The first-order valence-corrected chi connectivity index (χ1v) is 10.8. The Morgan fingerprint density at radius 1 is 1.18 bits per heavy atom. The van der Waals surface area contributed by atoms with E-state index in [-0.39, 0.29) is 23.9 Å². The minimum absolute atomic E-state index is 0.0231. The molecule has 0 spiro atoms. The Kier molecular flexibility index (Phi) is 6.69. The lowest BCUT2D eigenvalue weighted by atomic mass is 10.2. The number of nitro benzene ring substituents is 1. The van der Waals surface area contributed by atoms with Crippen molar-refractivity contribution in [2.75, 3.05) is 7.11 Å². The fourth-order valence-electron chi connectivity index (χ4n) is 3.06. The number of hydrogen-bond donors (Lipinski definition) is 1. The minimum atomic E-state index is -0.459. The molecule has 2 heterocycles. The third-order valence-electron chi connectivity index (χ3n) is 4.67. The molecule has 0 fully saturated rings. The van der Waals surface area contributed by atoms with Gasteiger partial charge in [-0.15, -0.1) is 10.2 Å². The van der Waals surface area contributed by atoms with E-state index < -0.39 is 4.92 Å². The van der Waals surface area contributed by atoms with Crippen molar-refractivity contribution in [2.45, 2.75) is 17.5 Å². The zero-order chi connectivity index (χ0) is 23.2. The first-order valence-electron chi connectivity index (χ1n) is 9.81. The fourth-order valence-corrected chi connectivity index (χ4v) is 3.97. The van der Waals surface area contributed by atoms with Crippen LogP contribution < -0.4 is 10.1 Å². The number of nitro groups is 1. The third kappa shape index (κ3) is 5.21. The maximum atomic E-state index is 12.3. The number of rotatable bonds is 9. The summed E-state index contributed by atoms with van der Waals surface area (Å²) < 4.78 is 12.1. The number of non-ortho nitro benzene ring substituents is 1. The van der Waals surface area contributed by atoms with E-state index in [2.05, 4.69) is 15.5 Å². The molecule has 0 bridgehead atoms. The van der Waals surface area contributed by atoms with Crippen molar-refractivity contribution < 1.29 is 18.9 Å². The maximum Gasteiger partial charge on any atom is 0.287 e. The van der Waals surface area contributed by atoms with Gasteiger partial charge in [0.2, 0.25) is 0 Å². The summed E-state index contributed by atoms with van der Waals surface area (Å²) in [5, 5.41) is 22.9. The lowest BCUT2D eigenvalue weighted by molar-refractivity contribution is -0.384. The number of furan rings is 1. The smallest absolute Gasteiger partial charge is 0.287 e. The van der Waals surface area contributed by atoms with Crippen LogP contribution in [-0.2, 0) is 12.3 Å². The van der Waals surface area contributed by atoms with Gasteiger partial charge in [0.05, 0.1) is 24.8 Å². The van der Waals surface area contributed by atoms with Gasteiger partial charge in [-0.25, -0.2) is 0 Å². The summed E-state index contributed by atoms with van der Waals surface area (Å²) in [6.45, 7) is 0.0865. The summed E-state index contributed by atoms with van der Waals surface area (Å²) in [5.74, 6) is 1.62. The van der Waals surface area contributed by atoms with Gasteiger partial charge in [0.1, 0.15) is 5.75 Å². The Hall–Kier alpha value is -4.12. The molecule has 1 amide bonds. The van der Waals surface area contributed by atoms with Crippen molar-refractivity contribution in [3.05, 3.63) is 94.2 Å². The average Bonchev–Trinajstić information content (AvgIpc) is 3.52. The van der Waals surface area contributed by atoms with Crippen LogP contribution in [0, 0.1) is 10.1 Å². The van der Waals surface area contributed by atoms with Gasteiger partial charge < -0.3 is 14.5 Å². The summed E-state index contributed by atoms with van der Waals surface area (Å²) in [5.41, 5.74) is 1.65. The lowest BCUT2D eigenvalue weighted by Gasteiger charge is -2.11. The van der Waals surface area contributed by atoms with Crippen molar-refractivity contribution in [3.8, 4) is 11.4 Å². The average molecular weight is 465 g/mol. The molecule has 1 N–H and O–H groups in total. The molecule has 0 atom stereocenters. The predicted molar refractivity (Wildman–Crippen MR) is 120 cm³/mol. The second-order valence-electron chi connectivity index (χ2n) is 6.81. The quantitative estimate of drug-likeness (QED) is 0.223. The molecule has 2 aromatic carbocycles. The predicted octanol–water partition coefficient (Wildman–Crippen LogP) is 4.00. The molecule has 0 aliphatic carbocycles. The van der Waals surface area contributed by atoms with Gasteiger partial charge in [0, 0.05) is 23.6 Å². The van der Waals surface area contributed by atoms with Crippen molar-refractivity contribution >= 4 is 23.4 Å². The monoisotopic (exact) mass is 465 g/mol. The number of methoxy groups -OCH3 is 1. The van der Waals surface area contributed by atoms with Gasteiger partial charge in [0.15, 0.2) is 16.7 Å². The van der Waals surface area contributed by atoms with E-state index >= 15 is 0 Å². The van der Waals surface area contributed by atoms with E-state index in [0.717, 1.165) is 11.3 Å². The molecular weight excluding hydrogens is 446 g/mol. The summed E-state index contributed by atoms with van der Waals surface area (Å²) >= 11 is 1.45. The number of ether oxygens (including phenoxy) is 1. The largest absolute Gasteiger partial charge is 0.497 e. The Labute approximate surface area is 192 Å². The number of hydrogen-bond acceptors (Lipinski definition) is 8. The number of aromatic nitrogens is 3. The number of benzene rings is 2. The molecule has 4 rings (SSSR count). The maximum absolute atomic E-state index is 12.3. The van der Waals surface area contributed by atoms with Crippen LogP contribution in [0.4, 0.5) is 5.69 Å². The summed E-state index contributed by atoms with van der Waals surface area (Å²) in [6, 6.07) is 16.9. The zero-order valence-electron chi connectivity index (χ0n) is 17.5. The van der Waals surface area contributed by atoms with Gasteiger partial charge in [-0.2, -0.15) is 0 Å². The van der Waals surface area contributed by atoms with E-state index in [9.17, 15) is 14.9 Å². The Bertz CT molecular complexity index is 1250. The van der Waals surface area contributed by atoms with Crippen molar-refractivity contribution in [1.29, 1.82) is 0 Å². The molecule has 11 heteroatoms. The highest BCUT2D eigenvalue weighted by molar-refractivity contribution is 7.98. The van der Waals surface area contributed by atoms with Crippen LogP contribution in [0.3, 0.4) is 0 Å². The van der Waals surface area contributed by atoms with Gasteiger partial charge in [0.25, 0.3) is 11.6 Å². The van der Waals surface area contributed by atoms with Crippen molar-refractivity contribution in [1.82, 2.24) is 20.1 Å². The summed E-state index contributed by atoms with van der Waals surface area (Å²) in [6.07, 6.45) is 1.42. The molecule has 0 aliphatic heterocycles. The van der Waals surface area contributed by atoms with Crippen LogP contribution in [0.25, 0.3) is 5.69 Å². The molecule has 2 aromatic heterocycles. The highest BCUT2D eigenvalue weighted by Crippen LogP contribution is 2.27. The molecule has 0 aliphatic rings. The van der Waals surface area contributed by atoms with Crippen LogP contribution in [0.2, 0.25) is 0 Å². The van der Waals surface area contributed by atoms with Crippen molar-refractivity contribution in [3.63, 3.8) is 0 Å². The van der Waals surface area contributed by atoms with E-state index in [4.69, 9.17) is 9.15 Å². The SMILES string of the molecule is COc1cccc(CSc2nnc(CNC(=O)c3ccco3)n2-c2ccc([N+](=O)[O-])cc2)c1. The number of carbonyl (C=O) groups excluding carboxylic acids is 1. The molecule has 0 radical (unpaired) electrons.